The zero-order valence-corrected chi connectivity index (χ0v) is 26.4. The number of halogens is 5. The molecule has 0 aromatic carbocycles. The Morgan fingerprint density at radius 1 is 1.14 bits per heavy atom. The molecule has 2 aromatic rings. The fraction of sp³-hybridized carbons (Fsp3) is 0.538. The highest BCUT2D eigenvalue weighted by atomic mass is 32.2. The smallest absolute Gasteiger partial charge is 0.418 e. The lowest BCUT2D eigenvalue weighted by Crippen LogP contribution is -2.40. The second kappa shape index (κ2) is 12.0. The van der Waals surface area contributed by atoms with Crippen molar-refractivity contribution in [2.45, 2.75) is 82.2 Å². The van der Waals surface area contributed by atoms with E-state index in [4.69, 9.17) is 0 Å². The Kier molecular flexibility index (Phi) is 9.51. The first-order valence-electron chi connectivity index (χ1n) is 13.3. The number of nitrogens with zero attached hydrogens (tertiary/aromatic N) is 4. The molecular weight excluding hydrogens is 615 g/mol. The summed E-state index contributed by atoms with van der Waals surface area (Å²) < 4.78 is 89.7. The van der Waals surface area contributed by atoms with Crippen LogP contribution in [-0.2, 0) is 16.1 Å². The van der Waals surface area contributed by atoms with E-state index < -0.39 is 77.0 Å². The summed E-state index contributed by atoms with van der Waals surface area (Å²) in [5, 5.41) is 11.1. The summed E-state index contributed by atoms with van der Waals surface area (Å²) in [6.45, 7) is 10.2. The van der Waals surface area contributed by atoms with Gasteiger partial charge in [-0.3, -0.25) is 8.82 Å². The molecule has 1 unspecified atom stereocenters. The molecule has 10 nitrogen and oxygen atoms in total. The van der Waals surface area contributed by atoms with E-state index in [9.17, 15) is 40.9 Å². The van der Waals surface area contributed by atoms with Crippen LogP contribution in [0.2, 0.25) is 18.1 Å². The van der Waals surface area contributed by atoms with Crippen LogP contribution in [0.25, 0.3) is 0 Å². The molecule has 0 saturated carbocycles. The number of carboxylic acid groups (broad SMARTS) is 1. The van der Waals surface area contributed by atoms with Gasteiger partial charge in [0.1, 0.15) is 5.82 Å². The molecule has 0 bridgehead atoms. The predicted octanol–water partition coefficient (Wildman–Crippen LogP) is 6.70. The maximum absolute atomic E-state index is 14.0. The fourth-order valence-corrected chi connectivity index (χ4v) is 9.15. The van der Waals surface area contributed by atoms with E-state index in [0.29, 0.717) is 6.07 Å². The van der Waals surface area contributed by atoms with Crippen LogP contribution in [-0.4, -0.2) is 58.5 Å². The third-order valence-corrected chi connectivity index (χ3v) is 15.2. The number of carbonyl (C=O) groups excluding carboxylic acids is 1. The largest absolute Gasteiger partial charge is 0.464 e. The van der Waals surface area contributed by atoms with Crippen LogP contribution in [0.1, 0.15) is 61.6 Å². The van der Waals surface area contributed by atoms with Crippen molar-refractivity contribution in [3.63, 3.8) is 0 Å². The minimum Gasteiger partial charge on any atom is -0.464 e. The third-order valence-electron chi connectivity index (χ3n) is 7.45. The highest BCUT2D eigenvalue weighted by Crippen LogP contribution is 2.39. The van der Waals surface area contributed by atoms with Gasteiger partial charge in [0.05, 0.1) is 16.8 Å². The Morgan fingerprint density at radius 3 is 2.37 bits per heavy atom. The second-order valence-electron chi connectivity index (χ2n) is 11.9. The van der Waals surface area contributed by atoms with Crippen LogP contribution in [0.5, 0.6) is 0 Å². The maximum atomic E-state index is 14.0. The number of hydrogen-bond donors (Lipinski definition) is 3. The fourth-order valence-electron chi connectivity index (χ4n) is 4.10. The first kappa shape index (κ1) is 34.2. The lowest BCUT2D eigenvalue weighted by atomic mass is 10.1. The van der Waals surface area contributed by atoms with E-state index in [1.54, 1.807) is 13.1 Å². The molecule has 1 aliphatic rings. The number of pyridine rings is 2. The van der Waals surface area contributed by atoms with Gasteiger partial charge in [-0.05, 0) is 49.7 Å². The summed E-state index contributed by atoms with van der Waals surface area (Å²) in [4.78, 5) is 34.5. The predicted molar refractivity (Wildman–Crippen MR) is 154 cm³/mol. The zero-order chi connectivity index (χ0) is 32.6. The van der Waals surface area contributed by atoms with Crippen molar-refractivity contribution < 1.29 is 40.9 Å². The summed E-state index contributed by atoms with van der Waals surface area (Å²) in [5.41, 5.74) is -2.16. The third kappa shape index (κ3) is 8.19. The van der Waals surface area contributed by atoms with Gasteiger partial charge in [-0.25, -0.2) is 32.5 Å². The van der Waals surface area contributed by atoms with E-state index in [1.807, 2.05) is 25.5 Å². The van der Waals surface area contributed by atoms with Crippen LogP contribution in [0.15, 0.2) is 33.5 Å². The number of aryl methyl sites for hydroxylation is 1. The summed E-state index contributed by atoms with van der Waals surface area (Å²) >= 11 is 0. The molecule has 0 radical (unpaired) electrons. The monoisotopic (exact) mass is 650 g/mol. The van der Waals surface area contributed by atoms with E-state index >= 15 is 0 Å². The van der Waals surface area contributed by atoms with Crippen molar-refractivity contribution in [1.82, 2.24) is 14.7 Å². The molecule has 2 amide bonds. The van der Waals surface area contributed by atoms with Crippen LogP contribution < -0.4 is 14.9 Å². The average Bonchev–Trinajstić information content (AvgIpc) is 3.02. The van der Waals surface area contributed by atoms with Crippen molar-refractivity contribution in [1.29, 1.82) is 0 Å². The number of hydrogen-bond acceptors (Lipinski definition) is 7. The molecule has 1 saturated heterocycles. The number of amides is 2. The lowest BCUT2D eigenvalue weighted by molar-refractivity contribution is -0.138. The maximum Gasteiger partial charge on any atom is 0.418 e. The Hall–Kier alpha value is -3.34. The topological polar surface area (TPSA) is 137 Å². The Morgan fingerprint density at radius 2 is 1.79 bits per heavy atom. The van der Waals surface area contributed by atoms with Gasteiger partial charge in [-0.2, -0.15) is 13.2 Å². The Bertz CT molecular complexity index is 1520. The molecule has 2 aromatic heterocycles. The van der Waals surface area contributed by atoms with Gasteiger partial charge >= 0.3 is 12.3 Å². The summed E-state index contributed by atoms with van der Waals surface area (Å²) in [6.07, 6.45) is -6.27. The number of nitrogens with one attached hydrogen (secondary N) is 2. The molecule has 17 heteroatoms. The highest BCUT2D eigenvalue weighted by molar-refractivity contribution is 7.93. The van der Waals surface area contributed by atoms with Crippen molar-refractivity contribution in [3.05, 3.63) is 41.2 Å². The first-order chi connectivity index (χ1) is 19.5. The quantitative estimate of drug-likeness (QED) is 0.234. The van der Waals surface area contributed by atoms with Crippen molar-refractivity contribution in [3.8, 4) is 0 Å². The molecule has 43 heavy (non-hydrogen) atoms. The van der Waals surface area contributed by atoms with Crippen molar-refractivity contribution >= 4 is 41.7 Å². The second-order valence-corrected chi connectivity index (χ2v) is 18.9. The Balaban J connectivity index is 2.09. The number of carbonyl (C=O) groups is 2. The molecule has 0 spiro atoms. The van der Waals surface area contributed by atoms with Gasteiger partial charge in [0, 0.05) is 37.8 Å². The minimum absolute atomic E-state index is 0.0339. The molecule has 3 rings (SSSR count). The van der Waals surface area contributed by atoms with Gasteiger partial charge < -0.3 is 15.3 Å². The van der Waals surface area contributed by atoms with Gasteiger partial charge in [-0.15, -0.1) is 0 Å². The molecular formula is C26H35F5N6O4SSi. The summed E-state index contributed by atoms with van der Waals surface area (Å²) in [5.74, 6) is -4.18. The van der Waals surface area contributed by atoms with Crippen molar-refractivity contribution in [2.75, 3.05) is 23.3 Å². The summed E-state index contributed by atoms with van der Waals surface area (Å²) in [7, 11) is -6.61. The van der Waals surface area contributed by atoms with Crippen molar-refractivity contribution in [2.24, 2.45) is 4.03 Å². The van der Waals surface area contributed by atoms with Gasteiger partial charge in [-0.1, -0.05) is 20.8 Å². The number of aromatic nitrogens is 2. The van der Waals surface area contributed by atoms with Gasteiger partial charge in [0.25, 0.3) is 5.91 Å². The van der Waals surface area contributed by atoms with E-state index in [0.717, 1.165) is 19.2 Å². The van der Waals surface area contributed by atoms with Crippen LogP contribution in [0.3, 0.4) is 0 Å². The average molecular weight is 651 g/mol. The number of anilines is 2. The standard InChI is InChI=1S/C26H35F5N6O4SSi/c1-16-19(26(29,30)31)15-18(21(33-16)37-12-7-9-25(27,28)10-13-37)22(38)34-17-8-11-32-20(14-17)42(41,35-23(39)40)36-43(5,6)24(2,3)4/h8,11,14-15H,7,9-10,12-13H2,1-6H3,(H,39,40)(H,32,34,38)(H,35,36,41). The molecule has 1 atom stereocenters. The van der Waals surface area contributed by atoms with Crippen LogP contribution in [0.4, 0.5) is 38.3 Å². The van der Waals surface area contributed by atoms with E-state index in [1.165, 1.54) is 11.0 Å². The summed E-state index contributed by atoms with van der Waals surface area (Å²) in [6, 6.07) is 3.01. The molecule has 1 fully saturated rings. The first-order valence-corrected chi connectivity index (χ1v) is 17.8. The lowest BCUT2D eigenvalue weighted by Gasteiger charge is -2.33. The van der Waals surface area contributed by atoms with Crippen LogP contribution >= 0.6 is 0 Å². The number of alkyl halides is 5. The molecule has 0 aliphatic carbocycles. The SMILES string of the molecule is Cc1nc(N2CCCC(F)(F)CC2)c(C(=O)Nc2ccnc(S(=O)(=N[Si](C)(C)C(C)(C)C)NC(=O)O)c2)cc1C(F)(F)F. The molecule has 3 heterocycles. The van der Waals surface area contributed by atoms with Gasteiger partial charge in [0.15, 0.2) is 23.2 Å². The highest BCUT2D eigenvalue weighted by Gasteiger charge is 2.39. The van der Waals surface area contributed by atoms with Crippen LogP contribution in [0, 0.1) is 6.92 Å². The van der Waals surface area contributed by atoms with E-state index in [-0.39, 0.29) is 36.0 Å². The Labute approximate surface area is 247 Å². The normalized spacial score (nSPS) is 17.4. The molecule has 1 aliphatic heterocycles. The zero-order valence-electron chi connectivity index (χ0n) is 24.6. The number of rotatable bonds is 6. The van der Waals surface area contributed by atoms with Gasteiger partial charge in [0.2, 0.25) is 5.92 Å². The molecule has 238 valence electrons. The molecule has 3 N–H and O–H groups in total. The van der Waals surface area contributed by atoms with E-state index in [2.05, 4.69) is 19.3 Å². The minimum atomic E-state index is -4.85.